The lowest BCUT2D eigenvalue weighted by Crippen LogP contribution is -2.21. The molecule has 168 valence electrons. The highest BCUT2D eigenvalue weighted by Gasteiger charge is 2.29. The minimum atomic E-state index is -0.159. The molecule has 0 fully saturated rings. The number of hydrogen-bond donors (Lipinski definition) is 0. The molecule has 0 unspecified atom stereocenters. The van der Waals surface area contributed by atoms with Crippen molar-refractivity contribution >= 4 is 23.4 Å². The molecular weight excluding hydrogens is 424 g/mol. The maximum Gasteiger partial charge on any atom is 0.280 e. The Bertz CT molecular complexity index is 1420. The third-order valence-electron chi connectivity index (χ3n) is 5.79. The molecule has 0 N–H and O–H groups in total. The van der Waals surface area contributed by atoms with Crippen LogP contribution in [0.5, 0.6) is 5.75 Å². The lowest BCUT2D eigenvalue weighted by atomic mass is 10.0. The summed E-state index contributed by atoms with van der Waals surface area (Å²) < 4.78 is 7.26. The number of anilines is 1. The molecule has 5 rings (SSSR count). The molecule has 0 spiro atoms. The number of carbonyl (C=O) groups excluding carboxylic acids is 1. The van der Waals surface area contributed by atoms with Crippen LogP contribution in [0.15, 0.2) is 95.7 Å². The standard InChI is InChI=1S/C28H24N4O2/c1-19-16-21(14-15-26(19)34-3)27-22(18-31(30-27)23-10-6-4-7-11-23)17-25-20(2)29-32(28(25)33)24-12-8-5-9-13-24/h4-18H,1-3H3. The summed E-state index contributed by atoms with van der Waals surface area (Å²) >= 11 is 0. The van der Waals surface area contributed by atoms with Gasteiger partial charge in [-0.25, -0.2) is 4.68 Å². The Balaban J connectivity index is 1.61. The van der Waals surface area contributed by atoms with Gasteiger partial charge in [0.25, 0.3) is 5.91 Å². The van der Waals surface area contributed by atoms with Crippen LogP contribution in [0.3, 0.4) is 0 Å². The van der Waals surface area contributed by atoms with E-state index in [1.807, 2.05) is 110 Å². The summed E-state index contributed by atoms with van der Waals surface area (Å²) in [5.41, 5.74) is 6.45. The van der Waals surface area contributed by atoms with E-state index in [9.17, 15) is 4.79 Å². The van der Waals surface area contributed by atoms with E-state index in [2.05, 4.69) is 5.10 Å². The Morgan fingerprint density at radius 1 is 0.882 bits per heavy atom. The first-order valence-corrected chi connectivity index (χ1v) is 11.0. The first kappa shape index (κ1) is 21.4. The average molecular weight is 449 g/mol. The number of amides is 1. The van der Waals surface area contributed by atoms with Gasteiger partial charge in [0.05, 0.1) is 35.5 Å². The highest BCUT2D eigenvalue weighted by Crippen LogP contribution is 2.31. The molecule has 1 aliphatic heterocycles. The molecule has 1 aromatic heterocycles. The summed E-state index contributed by atoms with van der Waals surface area (Å²) in [6.07, 6.45) is 3.83. The van der Waals surface area contributed by atoms with E-state index in [0.29, 0.717) is 11.3 Å². The van der Waals surface area contributed by atoms with E-state index < -0.39 is 0 Å². The second-order valence-corrected chi connectivity index (χ2v) is 8.09. The number of ether oxygens (including phenoxy) is 1. The van der Waals surface area contributed by atoms with E-state index in [0.717, 1.165) is 39.5 Å². The highest BCUT2D eigenvalue weighted by atomic mass is 16.5. The largest absolute Gasteiger partial charge is 0.496 e. The van der Waals surface area contributed by atoms with Crippen LogP contribution in [0.1, 0.15) is 18.1 Å². The lowest BCUT2D eigenvalue weighted by Gasteiger charge is -2.11. The van der Waals surface area contributed by atoms with Gasteiger partial charge in [-0.1, -0.05) is 36.4 Å². The van der Waals surface area contributed by atoms with Gasteiger partial charge in [0.15, 0.2) is 0 Å². The zero-order chi connectivity index (χ0) is 23.7. The van der Waals surface area contributed by atoms with Crippen LogP contribution in [0.4, 0.5) is 5.69 Å². The number of aromatic nitrogens is 2. The minimum absolute atomic E-state index is 0.159. The molecule has 6 nitrogen and oxygen atoms in total. The van der Waals surface area contributed by atoms with Crippen LogP contribution >= 0.6 is 0 Å². The van der Waals surface area contributed by atoms with Crippen molar-refractivity contribution in [3.8, 4) is 22.7 Å². The lowest BCUT2D eigenvalue weighted by molar-refractivity contribution is -0.114. The third-order valence-corrected chi connectivity index (χ3v) is 5.79. The summed E-state index contributed by atoms with van der Waals surface area (Å²) in [7, 11) is 1.66. The van der Waals surface area contributed by atoms with E-state index in [4.69, 9.17) is 9.84 Å². The molecular formula is C28H24N4O2. The fraction of sp³-hybridized carbons (Fsp3) is 0.107. The number of aryl methyl sites for hydroxylation is 1. The van der Waals surface area contributed by atoms with Gasteiger partial charge >= 0.3 is 0 Å². The summed E-state index contributed by atoms with van der Waals surface area (Å²) in [4.78, 5) is 13.3. The van der Waals surface area contributed by atoms with E-state index in [1.165, 1.54) is 5.01 Å². The predicted molar refractivity (Wildman–Crippen MR) is 135 cm³/mol. The second kappa shape index (κ2) is 8.83. The molecule has 0 radical (unpaired) electrons. The number of para-hydroxylation sites is 2. The van der Waals surface area contributed by atoms with Crippen LogP contribution in [0.2, 0.25) is 0 Å². The van der Waals surface area contributed by atoms with Crippen molar-refractivity contribution in [2.24, 2.45) is 5.10 Å². The van der Waals surface area contributed by atoms with Crippen LogP contribution < -0.4 is 9.75 Å². The van der Waals surface area contributed by atoms with E-state index >= 15 is 0 Å². The predicted octanol–water partition coefficient (Wildman–Crippen LogP) is 5.66. The van der Waals surface area contributed by atoms with E-state index in [-0.39, 0.29) is 5.91 Å². The van der Waals surface area contributed by atoms with Crippen molar-refractivity contribution < 1.29 is 9.53 Å². The van der Waals surface area contributed by atoms with Gasteiger partial charge in [0.2, 0.25) is 0 Å². The normalized spacial score (nSPS) is 14.6. The van der Waals surface area contributed by atoms with E-state index in [1.54, 1.807) is 7.11 Å². The maximum atomic E-state index is 13.3. The van der Waals surface area contributed by atoms with Gasteiger partial charge in [-0.2, -0.15) is 15.2 Å². The monoisotopic (exact) mass is 448 g/mol. The molecule has 0 saturated carbocycles. The van der Waals surface area contributed by atoms with Crippen molar-refractivity contribution in [1.82, 2.24) is 9.78 Å². The molecule has 0 atom stereocenters. The molecule has 0 saturated heterocycles. The number of methoxy groups -OCH3 is 1. The summed E-state index contributed by atoms with van der Waals surface area (Å²) in [5, 5.41) is 10.8. The fourth-order valence-corrected chi connectivity index (χ4v) is 4.04. The van der Waals surface area contributed by atoms with Crippen molar-refractivity contribution in [2.45, 2.75) is 13.8 Å². The molecule has 1 amide bonds. The number of benzene rings is 3. The molecule has 6 heteroatoms. The van der Waals surface area contributed by atoms with Crippen LogP contribution in [-0.4, -0.2) is 28.5 Å². The van der Waals surface area contributed by atoms with Gasteiger partial charge in [-0.05, 0) is 68.0 Å². The van der Waals surface area contributed by atoms with Gasteiger partial charge in [-0.15, -0.1) is 0 Å². The number of carbonyl (C=O) groups is 1. The zero-order valence-corrected chi connectivity index (χ0v) is 19.3. The van der Waals surface area contributed by atoms with Crippen molar-refractivity contribution in [2.75, 3.05) is 12.1 Å². The first-order valence-electron chi connectivity index (χ1n) is 11.0. The quantitative estimate of drug-likeness (QED) is 0.370. The Morgan fingerprint density at radius 2 is 1.56 bits per heavy atom. The minimum Gasteiger partial charge on any atom is -0.496 e. The van der Waals surface area contributed by atoms with Crippen LogP contribution in [-0.2, 0) is 4.79 Å². The maximum absolute atomic E-state index is 13.3. The smallest absolute Gasteiger partial charge is 0.280 e. The van der Waals surface area contributed by atoms with Gasteiger partial charge in [0, 0.05) is 17.3 Å². The van der Waals surface area contributed by atoms with Crippen molar-refractivity contribution in [3.05, 3.63) is 102 Å². The molecule has 1 aliphatic rings. The zero-order valence-electron chi connectivity index (χ0n) is 19.3. The van der Waals surface area contributed by atoms with Gasteiger partial charge < -0.3 is 4.74 Å². The molecule has 3 aromatic carbocycles. The number of hydrogen-bond acceptors (Lipinski definition) is 4. The Morgan fingerprint density at radius 3 is 2.21 bits per heavy atom. The Labute approximate surface area is 198 Å². The Hall–Kier alpha value is -4.45. The third kappa shape index (κ3) is 3.90. The Kier molecular flexibility index (Phi) is 5.55. The SMILES string of the molecule is COc1ccc(-c2nn(-c3ccccc3)cc2C=C2C(=O)N(c3ccccc3)N=C2C)cc1C. The summed E-state index contributed by atoms with van der Waals surface area (Å²) in [5.74, 6) is 0.659. The fourth-order valence-electron chi connectivity index (χ4n) is 4.04. The first-order chi connectivity index (χ1) is 16.5. The van der Waals surface area contributed by atoms with Gasteiger partial charge in [0.1, 0.15) is 5.75 Å². The van der Waals surface area contributed by atoms with Gasteiger partial charge in [-0.3, -0.25) is 4.79 Å². The summed E-state index contributed by atoms with van der Waals surface area (Å²) in [6.45, 7) is 3.86. The molecule has 34 heavy (non-hydrogen) atoms. The summed E-state index contributed by atoms with van der Waals surface area (Å²) in [6, 6.07) is 25.3. The number of rotatable bonds is 5. The van der Waals surface area contributed by atoms with Crippen LogP contribution in [0.25, 0.3) is 23.0 Å². The molecule has 0 bridgehead atoms. The molecule has 0 aliphatic carbocycles. The second-order valence-electron chi connectivity index (χ2n) is 8.09. The van der Waals surface area contributed by atoms with Crippen molar-refractivity contribution in [3.63, 3.8) is 0 Å². The van der Waals surface area contributed by atoms with Crippen LogP contribution in [0, 0.1) is 6.92 Å². The van der Waals surface area contributed by atoms with Crippen molar-refractivity contribution in [1.29, 1.82) is 0 Å². The number of nitrogens with zero attached hydrogens (tertiary/aromatic N) is 4. The molecule has 4 aromatic rings. The average Bonchev–Trinajstić information content (AvgIpc) is 3.42. The topological polar surface area (TPSA) is 59.7 Å². The number of hydrazone groups is 1. The highest BCUT2D eigenvalue weighted by molar-refractivity contribution is 6.32. The molecule has 2 heterocycles.